The molecule has 2 N–H and O–H groups in total. The number of carbonyl (C=O) groups is 2. The van der Waals surface area contributed by atoms with Crippen LogP contribution in [0.3, 0.4) is 0 Å². The summed E-state index contributed by atoms with van der Waals surface area (Å²) in [6.45, 7) is 3.64. The number of anilines is 2. The lowest BCUT2D eigenvalue weighted by Crippen LogP contribution is -2.30. The SMILES string of the molecule is Cc1ccc(C)c2c1C(=O)N(c1ccncc1N)C2=O. The second kappa shape index (κ2) is 4.16. The normalized spacial score (nSPS) is 13.8. The highest BCUT2D eigenvalue weighted by atomic mass is 16.2. The molecule has 1 aromatic carbocycles. The van der Waals surface area contributed by atoms with Crippen LogP contribution in [0.1, 0.15) is 31.8 Å². The molecular weight excluding hydrogens is 254 g/mol. The zero-order chi connectivity index (χ0) is 14.4. The zero-order valence-electron chi connectivity index (χ0n) is 11.2. The average molecular weight is 267 g/mol. The van der Waals surface area contributed by atoms with Crippen molar-refractivity contribution >= 4 is 23.2 Å². The molecule has 5 heteroatoms. The van der Waals surface area contributed by atoms with Crippen LogP contribution in [-0.2, 0) is 0 Å². The number of imide groups is 1. The molecule has 1 aliphatic heterocycles. The third-order valence-electron chi connectivity index (χ3n) is 3.52. The lowest BCUT2D eigenvalue weighted by molar-refractivity contribution is 0.0926. The van der Waals surface area contributed by atoms with Crippen molar-refractivity contribution in [1.82, 2.24) is 4.98 Å². The van der Waals surface area contributed by atoms with Crippen molar-refractivity contribution in [3.05, 3.63) is 52.8 Å². The molecule has 2 aromatic rings. The Kier molecular flexibility index (Phi) is 2.57. The number of nitrogen functional groups attached to an aromatic ring is 1. The van der Waals surface area contributed by atoms with Gasteiger partial charge in [-0.2, -0.15) is 0 Å². The molecule has 0 aliphatic carbocycles. The summed E-state index contributed by atoms with van der Waals surface area (Å²) in [6.07, 6.45) is 2.94. The Morgan fingerprint density at radius 3 is 2.05 bits per heavy atom. The van der Waals surface area contributed by atoms with Crippen molar-refractivity contribution in [2.75, 3.05) is 10.6 Å². The summed E-state index contributed by atoms with van der Waals surface area (Å²) in [5, 5.41) is 0. The van der Waals surface area contributed by atoms with Gasteiger partial charge in [-0.15, -0.1) is 0 Å². The molecular formula is C15H13N3O2. The number of hydrogen-bond donors (Lipinski definition) is 1. The minimum Gasteiger partial charge on any atom is -0.396 e. The van der Waals surface area contributed by atoms with Crippen LogP contribution in [0.4, 0.5) is 11.4 Å². The lowest BCUT2D eigenvalue weighted by Gasteiger charge is -2.15. The second-order valence-electron chi connectivity index (χ2n) is 4.83. The van der Waals surface area contributed by atoms with E-state index in [1.807, 2.05) is 26.0 Å². The van der Waals surface area contributed by atoms with E-state index in [2.05, 4.69) is 4.98 Å². The molecule has 0 spiro atoms. The lowest BCUT2D eigenvalue weighted by atomic mass is 9.99. The average Bonchev–Trinajstić information content (AvgIpc) is 2.68. The summed E-state index contributed by atoms with van der Waals surface area (Å²) < 4.78 is 0. The van der Waals surface area contributed by atoms with E-state index in [0.29, 0.717) is 22.5 Å². The number of hydrogen-bond acceptors (Lipinski definition) is 4. The smallest absolute Gasteiger partial charge is 0.266 e. The van der Waals surface area contributed by atoms with Gasteiger partial charge < -0.3 is 5.73 Å². The van der Waals surface area contributed by atoms with Gasteiger partial charge in [-0.25, -0.2) is 4.90 Å². The van der Waals surface area contributed by atoms with Crippen LogP contribution in [-0.4, -0.2) is 16.8 Å². The molecule has 1 aliphatic rings. The predicted molar refractivity (Wildman–Crippen MR) is 75.7 cm³/mol. The van der Waals surface area contributed by atoms with Gasteiger partial charge in [0.05, 0.1) is 28.7 Å². The van der Waals surface area contributed by atoms with Crippen LogP contribution in [0.25, 0.3) is 0 Å². The number of rotatable bonds is 1. The number of carbonyl (C=O) groups excluding carboxylic acids is 2. The van der Waals surface area contributed by atoms with Crippen LogP contribution >= 0.6 is 0 Å². The number of aryl methyl sites for hydroxylation is 2. The summed E-state index contributed by atoms with van der Waals surface area (Å²) in [6, 6.07) is 5.26. The highest BCUT2D eigenvalue weighted by Gasteiger charge is 2.39. The minimum atomic E-state index is -0.330. The summed E-state index contributed by atoms with van der Waals surface area (Å²) in [4.78, 5) is 30.1. The van der Waals surface area contributed by atoms with Crippen LogP contribution in [0.5, 0.6) is 0 Å². The van der Waals surface area contributed by atoms with Gasteiger partial charge in [0, 0.05) is 6.20 Å². The maximum atomic E-state index is 12.6. The Balaban J connectivity index is 2.23. The molecule has 100 valence electrons. The first-order valence-corrected chi connectivity index (χ1v) is 6.21. The van der Waals surface area contributed by atoms with Crippen molar-refractivity contribution in [1.29, 1.82) is 0 Å². The minimum absolute atomic E-state index is 0.303. The van der Waals surface area contributed by atoms with Crippen molar-refractivity contribution in [3.8, 4) is 0 Å². The first-order chi connectivity index (χ1) is 9.52. The number of nitrogens with zero attached hydrogens (tertiary/aromatic N) is 2. The van der Waals surface area contributed by atoms with Gasteiger partial charge in [0.25, 0.3) is 11.8 Å². The summed E-state index contributed by atoms with van der Waals surface area (Å²) in [5.74, 6) is -0.659. The fourth-order valence-electron chi connectivity index (χ4n) is 2.50. The number of pyridine rings is 1. The highest BCUT2D eigenvalue weighted by Crippen LogP contribution is 2.34. The molecule has 0 saturated heterocycles. The molecule has 0 bridgehead atoms. The van der Waals surface area contributed by atoms with Gasteiger partial charge in [-0.3, -0.25) is 14.6 Å². The Hall–Kier alpha value is -2.69. The maximum Gasteiger partial charge on any atom is 0.266 e. The van der Waals surface area contributed by atoms with E-state index in [-0.39, 0.29) is 11.8 Å². The van der Waals surface area contributed by atoms with E-state index < -0.39 is 0 Å². The fraction of sp³-hybridized carbons (Fsp3) is 0.133. The third-order valence-corrected chi connectivity index (χ3v) is 3.52. The first-order valence-electron chi connectivity index (χ1n) is 6.21. The molecule has 2 amide bonds. The molecule has 0 saturated carbocycles. The molecule has 20 heavy (non-hydrogen) atoms. The van der Waals surface area contributed by atoms with Gasteiger partial charge in [0.1, 0.15) is 0 Å². The highest BCUT2D eigenvalue weighted by molar-refractivity contribution is 6.36. The second-order valence-corrected chi connectivity index (χ2v) is 4.83. The quantitative estimate of drug-likeness (QED) is 0.802. The van der Waals surface area contributed by atoms with Gasteiger partial charge in [0.15, 0.2) is 0 Å². The van der Waals surface area contributed by atoms with Crippen molar-refractivity contribution in [2.45, 2.75) is 13.8 Å². The first kappa shape index (κ1) is 12.3. The summed E-state index contributed by atoms with van der Waals surface area (Å²) >= 11 is 0. The van der Waals surface area contributed by atoms with Crippen molar-refractivity contribution < 1.29 is 9.59 Å². The molecule has 5 nitrogen and oxygen atoms in total. The number of aromatic nitrogens is 1. The van der Waals surface area contributed by atoms with E-state index in [1.54, 1.807) is 6.07 Å². The molecule has 1 aromatic heterocycles. The van der Waals surface area contributed by atoms with E-state index >= 15 is 0 Å². The van der Waals surface area contributed by atoms with Crippen LogP contribution < -0.4 is 10.6 Å². The zero-order valence-corrected chi connectivity index (χ0v) is 11.2. The Labute approximate surface area is 116 Å². The Morgan fingerprint density at radius 2 is 1.55 bits per heavy atom. The number of benzene rings is 1. The third kappa shape index (κ3) is 1.53. The number of amides is 2. The summed E-state index contributed by atoms with van der Waals surface area (Å²) in [7, 11) is 0. The van der Waals surface area contributed by atoms with Gasteiger partial charge in [-0.05, 0) is 31.0 Å². The van der Waals surface area contributed by atoms with Crippen LogP contribution in [0, 0.1) is 13.8 Å². The number of fused-ring (bicyclic) bond motifs is 1. The van der Waals surface area contributed by atoms with Gasteiger partial charge in [-0.1, -0.05) is 12.1 Å². The monoisotopic (exact) mass is 267 g/mol. The van der Waals surface area contributed by atoms with E-state index in [1.165, 1.54) is 12.4 Å². The molecule has 2 heterocycles. The Bertz CT molecular complexity index is 712. The standard InChI is InChI=1S/C15H13N3O2/c1-8-3-4-9(2)13-12(8)14(19)18(15(13)20)11-5-6-17-7-10(11)16/h3-7H,16H2,1-2H3. The molecule has 0 unspecified atom stereocenters. The molecule has 0 radical (unpaired) electrons. The fourth-order valence-corrected chi connectivity index (χ4v) is 2.50. The largest absolute Gasteiger partial charge is 0.396 e. The van der Waals surface area contributed by atoms with E-state index in [0.717, 1.165) is 16.0 Å². The van der Waals surface area contributed by atoms with E-state index in [4.69, 9.17) is 5.73 Å². The van der Waals surface area contributed by atoms with Crippen molar-refractivity contribution in [2.24, 2.45) is 0 Å². The summed E-state index contributed by atoms with van der Waals surface area (Å²) in [5.41, 5.74) is 9.02. The van der Waals surface area contributed by atoms with Gasteiger partial charge >= 0.3 is 0 Å². The van der Waals surface area contributed by atoms with Crippen LogP contribution in [0.2, 0.25) is 0 Å². The molecule has 3 rings (SSSR count). The predicted octanol–water partition coefficient (Wildman–Crippen LogP) is 2.08. The molecule has 0 fully saturated rings. The van der Waals surface area contributed by atoms with E-state index in [9.17, 15) is 9.59 Å². The molecule has 0 atom stereocenters. The number of nitrogens with two attached hydrogens (primary N) is 1. The van der Waals surface area contributed by atoms with Crippen LogP contribution in [0.15, 0.2) is 30.6 Å². The topological polar surface area (TPSA) is 76.3 Å². The maximum absolute atomic E-state index is 12.6. The van der Waals surface area contributed by atoms with Gasteiger partial charge in [0.2, 0.25) is 0 Å². The van der Waals surface area contributed by atoms with Crippen molar-refractivity contribution in [3.63, 3.8) is 0 Å². The Morgan fingerprint density at radius 1 is 1.00 bits per heavy atom.